The Hall–Kier alpha value is -2.93. The van der Waals surface area contributed by atoms with E-state index in [2.05, 4.69) is 9.97 Å². The number of H-pyrrole nitrogens is 1. The zero-order valence-corrected chi connectivity index (χ0v) is 15.7. The second-order valence-electron chi connectivity index (χ2n) is 6.67. The Kier molecular flexibility index (Phi) is 5.00. The van der Waals surface area contributed by atoms with Crippen molar-refractivity contribution in [2.24, 2.45) is 0 Å². The molecule has 3 aromatic rings. The molecular formula is C20H18ClFN4O2. The number of amides is 2. The molecule has 0 radical (unpaired) electrons. The van der Waals surface area contributed by atoms with Crippen molar-refractivity contribution in [1.82, 2.24) is 19.8 Å². The molecule has 1 aliphatic rings. The lowest BCUT2D eigenvalue weighted by Gasteiger charge is -2.23. The molecule has 1 aliphatic heterocycles. The average Bonchev–Trinajstić information content (AvgIpc) is 3.01. The maximum atomic E-state index is 14.1. The summed E-state index contributed by atoms with van der Waals surface area (Å²) in [5, 5.41) is 0.0926. The molecule has 2 heterocycles. The van der Waals surface area contributed by atoms with Gasteiger partial charge in [0.05, 0.1) is 27.9 Å². The molecule has 0 atom stereocenters. The summed E-state index contributed by atoms with van der Waals surface area (Å²) < 4.78 is 14.1. The van der Waals surface area contributed by atoms with E-state index in [1.54, 1.807) is 34.3 Å². The highest BCUT2D eigenvalue weighted by molar-refractivity contribution is 6.33. The molecule has 1 aromatic heterocycles. The SMILES string of the molecule is O=C(c1ccc2nc[nH]c2c1)N1CCCN(C(=O)c2c(F)cccc2Cl)CC1. The second kappa shape index (κ2) is 7.59. The monoisotopic (exact) mass is 400 g/mol. The predicted octanol–water partition coefficient (Wildman–Crippen LogP) is 3.34. The van der Waals surface area contributed by atoms with Gasteiger partial charge in [-0.25, -0.2) is 9.37 Å². The van der Waals surface area contributed by atoms with Crippen molar-refractivity contribution >= 4 is 34.4 Å². The van der Waals surface area contributed by atoms with Crippen molar-refractivity contribution in [3.05, 3.63) is 64.7 Å². The lowest BCUT2D eigenvalue weighted by molar-refractivity contribution is 0.0716. The van der Waals surface area contributed by atoms with E-state index in [1.165, 1.54) is 18.2 Å². The Morgan fingerprint density at radius 2 is 1.79 bits per heavy atom. The molecule has 1 fully saturated rings. The van der Waals surface area contributed by atoms with Gasteiger partial charge in [0.2, 0.25) is 0 Å². The normalized spacial score (nSPS) is 14.9. The topological polar surface area (TPSA) is 69.3 Å². The molecule has 28 heavy (non-hydrogen) atoms. The van der Waals surface area contributed by atoms with Gasteiger partial charge in [-0.15, -0.1) is 0 Å². The fourth-order valence-electron chi connectivity index (χ4n) is 3.44. The molecule has 0 aliphatic carbocycles. The van der Waals surface area contributed by atoms with Crippen LogP contribution in [0.1, 0.15) is 27.1 Å². The van der Waals surface area contributed by atoms with E-state index >= 15 is 0 Å². The number of carbonyl (C=O) groups is 2. The van der Waals surface area contributed by atoms with Crippen LogP contribution in [0.15, 0.2) is 42.7 Å². The van der Waals surface area contributed by atoms with Gasteiger partial charge in [0.15, 0.2) is 0 Å². The van der Waals surface area contributed by atoms with Gasteiger partial charge >= 0.3 is 0 Å². The zero-order valence-electron chi connectivity index (χ0n) is 15.0. The summed E-state index contributed by atoms with van der Waals surface area (Å²) in [7, 11) is 0. The number of aromatic amines is 1. The first-order chi connectivity index (χ1) is 13.5. The van der Waals surface area contributed by atoms with Crippen LogP contribution in [0, 0.1) is 5.82 Å². The Morgan fingerprint density at radius 3 is 2.54 bits per heavy atom. The number of hydrogen-bond donors (Lipinski definition) is 1. The molecule has 144 valence electrons. The third kappa shape index (κ3) is 3.45. The Bertz CT molecular complexity index is 1030. The van der Waals surface area contributed by atoms with Crippen molar-refractivity contribution < 1.29 is 14.0 Å². The number of imidazole rings is 1. The molecule has 1 saturated heterocycles. The van der Waals surface area contributed by atoms with E-state index in [9.17, 15) is 14.0 Å². The van der Waals surface area contributed by atoms with Crippen molar-refractivity contribution in [1.29, 1.82) is 0 Å². The molecule has 4 rings (SSSR count). The fourth-order valence-corrected chi connectivity index (χ4v) is 3.68. The summed E-state index contributed by atoms with van der Waals surface area (Å²) in [6, 6.07) is 9.51. The molecule has 1 N–H and O–H groups in total. The third-order valence-electron chi connectivity index (χ3n) is 4.91. The van der Waals surface area contributed by atoms with E-state index in [0.29, 0.717) is 38.2 Å². The highest BCUT2D eigenvalue weighted by atomic mass is 35.5. The first kappa shape index (κ1) is 18.4. The van der Waals surface area contributed by atoms with Crippen LogP contribution in [0.4, 0.5) is 4.39 Å². The number of nitrogens with zero attached hydrogens (tertiary/aromatic N) is 3. The van der Waals surface area contributed by atoms with E-state index in [-0.39, 0.29) is 16.5 Å². The minimum Gasteiger partial charge on any atom is -0.345 e. The minimum absolute atomic E-state index is 0.0926. The second-order valence-corrected chi connectivity index (χ2v) is 7.08. The van der Waals surface area contributed by atoms with E-state index in [4.69, 9.17) is 11.6 Å². The molecule has 6 nitrogen and oxygen atoms in total. The van der Waals surface area contributed by atoms with Gasteiger partial charge in [0.1, 0.15) is 5.82 Å². The number of aromatic nitrogens is 2. The summed E-state index contributed by atoms with van der Waals surface area (Å²) in [5.74, 6) is -1.19. The van der Waals surface area contributed by atoms with Gasteiger partial charge in [-0.2, -0.15) is 0 Å². The van der Waals surface area contributed by atoms with Crippen molar-refractivity contribution in [2.75, 3.05) is 26.2 Å². The summed E-state index contributed by atoms with van der Waals surface area (Å²) >= 11 is 6.02. The lowest BCUT2D eigenvalue weighted by atomic mass is 10.1. The number of halogens is 2. The van der Waals surface area contributed by atoms with Crippen LogP contribution in [0.2, 0.25) is 5.02 Å². The number of hydrogen-bond acceptors (Lipinski definition) is 3. The number of fused-ring (bicyclic) bond motifs is 1. The first-order valence-corrected chi connectivity index (χ1v) is 9.38. The lowest BCUT2D eigenvalue weighted by Crippen LogP contribution is -2.37. The molecule has 2 aromatic carbocycles. The standard InChI is InChI=1S/C20H18ClFN4O2/c21-14-3-1-4-15(22)18(14)20(28)26-8-2-7-25(9-10-26)19(27)13-5-6-16-17(11-13)24-12-23-16/h1,3-6,11-12H,2,7-10H2,(H,23,24). The maximum Gasteiger partial charge on any atom is 0.258 e. The van der Waals surface area contributed by atoms with Gasteiger partial charge in [-0.3, -0.25) is 9.59 Å². The summed E-state index contributed by atoms with van der Waals surface area (Å²) in [6.07, 6.45) is 2.19. The maximum absolute atomic E-state index is 14.1. The minimum atomic E-state index is -0.637. The van der Waals surface area contributed by atoms with Crippen LogP contribution in [0.25, 0.3) is 11.0 Å². The van der Waals surface area contributed by atoms with Crippen LogP contribution >= 0.6 is 11.6 Å². The van der Waals surface area contributed by atoms with Crippen LogP contribution in [-0.2, 0) is 0 Å². The van der Waals surface area contributed by atoms with Crippen LogP contribution in [-0.4, -0.2) is 57.8 Å². The van der Waals surface area contributed by atoms with E-state index < -0.39 is 11.7 Å². The van der Waals surface area contributed by atoms with Crippen molar-refractivity contribution in [2.45, 2.75) is 6.42 Å². The Labute approximate surface area is 165 Å². The number of nitrogens with one attached hydrogen (secondary N) is 1. The molecule has 0 unspecified atom stereocenters. The largest absolute Gasteiger partial charge is 0.345 e. The third-order valence-corrected chi connectivity index (χ3v) is 5.23. The Morgan fingerprint density at radius 1 is 1.04 bits per heavy atom. The number of carbonyl (C=O) groups excluding carboxylic acids is 2. The number of rotatable bonds is 2. The summed E-state index contributed by atoms with van der Waals surface area (Å²) in [5.41, 5.74) is 2.04. The molecule has 2 amide bonds. The summed E-state index contributed by atoms with van der Waals surface area (Å²) in [4.78, 5) is 36.0. The quantitative estimate of drug-likeness (QED) is 0.717. The molecular weight excluding hydrogens is 383 g/mol. The highest BCUT2D eigenvalue weighted by Gasteiger charge is 2.26. The van der Waals surface area contributed by atoms with Gasteiger partial charge in [0, 0.05) is 31.7 Å². The smallest absolute Gasteiger partial charge is 0.258 e. The number of benzene rings is 2. The van der Waals surface area contributed by atoms with Gasteiger partial charge in [0.25, 0.3) is 11.8 Å². The predicted molar refractivity (Wildman–Crippen MR) is 104 cm³/mol. The van der Waals surface area contributed by atoms with Gasteiger partial charge < -0.3 is 14.8 Å². The van der Waals surface area contributed by atoms with Crippen molar-refractivity contribution in [3.63, 3.8) is 0 Å². The molecule has 0 spiro atoms. The molecule has 0 saturated carbocycles. The fraction of sp³-hybridized carbons (Fsp3) is 0.250. The van der Waals surface area contributed by atoms with Crippen LogP contribution in [0.5, 0.6) is 0 Å². The van der Waals surface area contributed by atoms with Gasteiger partial charge in [-0.05, 0) is 36.8 Å². The van der Waals surface area contributed by atoms with E-state index in [1.807, 2.05) is 0 Å². The Balaban J connectivity index is 1.49. The van der Waals surface area contributed by atoms with Crippen LogP contribution in [0.3, 0.4) is 0 Å². The van der Waals surface area contributed by atoms with Crippen molar-refractivity contribution in [3.8, 4) is 0 Å². The zero-order chi connectivity index (χ0) is 19.7. The first-order valence-electron chi connectivity index (χ1n) is 9.00. The van der Waals surface area contributed by atoms with E-state index in [0.717, 1.165) is 11.0 Å². The molecule has 0 bridgehead atoms. The highest BCUT2D eigenvalue weighted by Crippen LogP contribution is 2.22. The average molecular weight is 401 g/mol. The van der Waals surface area contributed by atoms with Gasteiger partial charge in [-0.1, -0.05) is 17.7 Å². The van der Waals surface area contributed by atoms with Crippen LogP contribution < -0.4 is 0 Å². The summed E-state index contributed by atoms with van der Waals surface area (Å²) in [6.45, 7) is 1.65. The molecule has 8 heteroatoms.